The molecule has 0 radical (unpaired) electrons. The predicted molar refractivity (Wildman–Crippen MR) is 76.0 cm³/mol. The van der Waals surface area contributed by atoms with Crippen molar-refractivity contribution >= 4 is 5.91 Å². The summed E-state index contributed by atoms with van der Waals surface area (Å²) in [5.74, 6) is 0.902. The third-order valence-electron chi connectivity index (χ3n) is 3.10. The third-order valence-corrected chi connectivity index (χ3v) is 3.10. The molecule has 0 fully saturated rings. The molecule has 0 saturated carbocycles. The number of carbonyl (C=O) groups excluding carboxylic acids is 1. The van der Waals surface area contributed by atoms with Gasteiger partial charge in [-0.2, -0.15) is 0 Å². The second kappa shape index (κ2) is 5.62. The maximum Gasteiger partial charge on any atom is 0.287 e. The molecular weight excluding hydrogens is 268 g/mol. The zero-order valence-corrected chi connectivity index (χ0v) is 11.5. The second-order valence-corrected chi connectivity index (χ2v) is 4.61. The van der Waals surface area contributed by atoms with Gasteiger partial charge >= 0.3 is 0 Å². The van der Waals surface area contributed by atoms with Gasteiger partial charge < -0.3 is 9.73 Å². The highest BCUT2D eigenvalue weighted by Gasteiger charge is 2.11. The van der Waals surface area contributed by atoms with Crippen LogP contribution in [0.1, 0.15) is 21.7 Å². The Balaban J connectivity index is 1.64. The first-order chi connectivity index (χ1) is 10.2. The first-order valence-electron chi connectivity index (χ1n) is 6.49. The lowest BCUT2D eigenvalue weighted by Crippen LogP contribution is -2.23. The molecule has 0 unspecified atom stereocenters. The topological polar surface area (TPSA) is 73.0 Å². The lowest BCUT2D eigenvalue weighted by molar-refractivity contribution is 0.0922. The van der Waals surface area contributed by atoms with E-state index < -0.39 is 0 Å². The molecule has 0 saturated heterocycles. The van der Waals surface area contributed by atoms with Crippen LogP contribution in [0.3, 0.4) is 0 Å². The monoisotopic (exact) mass is 282 g/mol. The molecular formula is C15H14N4O2. The van der Waals surface area contributed by atoms with Crippen LogP contribution in [0.2, 0.25) is 0 Å². The van der Waals surface area contributed by atoms with Gasteiger partial charge in [-0.25, -0.2) is 9.97 Å². The van der Waals surface area contributed by atoms with Crippen molar-refractivity contribution in [3.63, 3.8) is 0 Å². The number of hydrogen-bond donors (Lipinski definition) is 1. The number of furan rings is 1. The van der Waals surface area contributed by atoms with Crippen LogP contribution in [0, 0.1) is 6.92 Å². The zero-order valence-electron chi connectivity index (χ0n) is 11.5. The summed E-state index contributed by atoms with van der Waals surface area (Å²) >= 11 is 0. The molecule has 0 atom stereocenters. The third kappa shape index (κ3) is 2.84. The Morgan fingerprint density at radius 3 is 2.90 bits per heavy atom. The molecule has 0 aliphatic carbocycles. The van der Waals surface area contributed by atoms with Crippen LogP contribution in [0.5, 0.6) is 0 Å². The van der Waals surface area contributed by atoms with Crippen LogP contribution in [0.15, 0.2) is 53.8 Å². The Bertz CT molecular complexity index is 729. The molecule has 0 bridgehead atoms. The molecule has 106 valence electrons. The van der Waals surface area contributed by atoms with Crippen LogP contribution < -0.4 is 5.32 Å². The normalized spacial score (nSPS) is 10.5. The smallest absolute Gasteiger partial charge is 0.287 e. The number of aromatic nitrogens is 3. The quantitative estimate of drug-likeness (QED) is 0.795. The Labute approximate surface area is 121 Å². The summed E-state index contributed by atoms with van der Waals surface area (Å²) in [7, 11) is 0. The van der Waals surface area contributed by atoms with E-state index in [0.29, 0.717) is 12.3 Å². The Hall–Kier alpha value is -2.89. The SMILES string of the molecule is Cc1ccoc1C(=O)NCc1ccc(-n2ccnc2)nc1. The molecule has 3 aromatic rings. The van der Waals surface area contributed by atoms with Crippen molar-refractivity contribution < 1.29 is 9.21 Å². The summed E-state index contributed by atoms with van der Waals surface area (Å²) in [5, 5.41) is 2.80. The number of carbonyl (C=O) groups is 1. The van der Waals surface area contributed by atoms with Gasteiger partial charge in [-0.1, -0.05) is 6.07 Å². The van der Waals surface area contributed by atoms with E-state index in [-0.39, 0.29) is 5.91 Å². The molecule has 3 heterocycles. The Morgan fingerprint density at radius 2 is 2.29 bits per heavy atom. The van der Waals surface area contributed by atoms with Gasteiger partial charge in [0.15, 0.2) is 5.76 Å². The average molecular weight is 282 g/mol. The maximum absolute atomic E-state index is 11.9. The highest BCUT2D eigenvalue weighted by molar-refractivity contribution is 5.92. The molecule has 6 nitrogen and oxygen atoms in total. The number of hydrogen-bond acceptors (Lipinski definition) is 4. The van der Waals surface area contributed by atoms with Crippen LogP contribution >= 0.6 is 0 Å². The molecule has 0 aromatic carbocycles. The van der Waals surface area contributed by atoms with Crippen LogP contribution in [-0.4, -0.2) is 20.4 Å². The van der Waals surface area contributed by atoms with Crippen molar-refractivity contribution in [2.24, 2.45) is 0 Å². The Kier molecular flexibility index (Phi) is 3.51. The summed E-state index contributed by atoms with van der Waals surface area (Å²) in [6, 6.07) is 5.55. The molecule has 3 aromatic heterocycles. The van der Waals surface area contributed by atoms with Crippen molar-refractivity contribution in [3.05, 3.63) is 66.3 Å². The minimum Gasteiger partial charge on any atom is -0.459 e. The molecule has 0 aliphatic heterocycles. The summed E-state index contributed by atoms with van der Waals surface area (Å²) < 4.78 is 6.96. The number of nitrogens with one attached hydrogen (secondary N) is 1. The van der Waals surface area contributed by atoms with Crippen LogP contribution in [0.4, 0.5) is 0 Å². The number of imidazole rings is 1. The van der Waals surface area contributed by atoms with Gasteiger partial charge in [0.1, 0.15) is 12.1 Å². The van der Waals surface area contributed by atoms with E-state index >= 15 is 0 Å². The van der Waals surface area contributed by atoms with Gasteiger partial charge in [-0.05, 0) is 24.6 Å². The molecule has 1 N–H and O–H groups in total. The fourth-order valence-electron chi connectivity index (χ4n) is 1.94. The molecule has 6 heteroatoms. The minimum absolute atomic E-state index is 0.226. The number of amides is 1. The van der Waals surface area contributed by atoms with Crippen LogP contribution in [-0.2, 0) is 6.54 Å². The number of nitrogens with zero attached hydrogens (tertiary/aromatic N) is 3. The fourth-order valence-corrected chi connectivity index (χ4v) is 1.94. The number of aryl methyl sites for hydroxylation is 1. The maximum atomic E-state index is 11.9. The number of rotatable bonds is 4. The van der Waals surface area contributed by atoms with Gasteiger partial charge in [0.2, 0.25) is 0 Å². The van der Waals surface area contributed by atoms with E-state index in [1.54, 1.807) is 24.8 Å². The van der Waals surface area contributed by atoms with Gasteiger partial charge in [0.05, 0.1) is 6.26 Å². The lowest BCUT2D eigenvalue weighted by Gasteiger charge is -2.05. The minimum atomic E-state index is -0.226. The van der Waals surface area contributed by atoms with E-state index in [4.69, 9.17) is 4.42 Å². The van der Waals surface area contributed by atoms with Crippen molar-refractivity contribution in [2.45, 2.75) is 13.5 Å². The van der Waals surface area contributed by atoms with Crippen molar-refractivity contribution in [1.29, 1.82) is 0 Å². The summed E-state index contributed by atoms with van der Waals surface area (Å²) in [6.07, 6.45) is 8.44. The summed E-state index contributed by atoms with van der Waals surface area (Å²) in [5.41, 5.74) is 1.73. The van der Waals surface area contributed by atoms with E-state index in [1.165, 1.54) is 6.26 Å². The predicted octanol–water partition coefficient (Wildman–Crippen LogP) is 2.10. The standard InChI is InChI=1S/C15H14N4O2/c1-11-4-7-21-14(11)15(20)18-9-12-2-3-13(17-8-12)19-6-5-16-10-19/h2-8,10H,9H2,1H3,(H,18,20). The first-order valence-corrected chi connectivity index (χ1v) is 6.49. The second-order valence-electron chi connectivity index (χ2n) is 4.61. The highest BCUT2D eigenvalue weighted by atomic mass is 16.3. The first kappa shape index (κ1) is 13.1. The number of pyridine rings is 1. The molecule has 0 spiro atoms. The summed E-state index contributed by atoms with van der Waals surface area (Å²) in [4.78, 5) is 20.2. The van der Waals surface area contributed by atoms with E-state index in [2.05, 4.69) is 15.3 Å². The largest absolute Gasteiger partial charge is 0.459 e. The molecule has 1 amide bonds. The molecule has 0 aliphatic rings. The van der Waals surface area contributed by atoms with Gasteiger partial charge in [0, 0.05) is 30.7 Å². The van der Waals surface area contributed by atoms with Crippen molar-refractivity contribution in [3.8, 4) is 5.82 Å². The summed E-state index contributed by atoms with van der Waals surface area (Å²) in [6.45, 7) is 2.23. The van der Waals surface area contributed by atoms with E-state index in [0.717, 1.165) is 16.9 Å². The van der Waals surface area contributed by atoms with E-state index in [1.807, 2.05) is 29.8 Å². The fraction of sp³-hybridized carbons (Fsp3) is 0.133. The van der Waals surface area contributed by atoms with Gasteiger partial charge in [-0.3, -0.25) is 9.36 Å². The van der Waals surface area contributed by atoms with Gasteiger partial charge in [0.25, 0.3) is 5.91 Å². The van der Waals surface area contributed by atoms with Crippen LogP contribution in [0.25, 0.3) is 5.82 Å². The molecule has 3 rings (SSSR count). The van der Waals surface area contributed by atoms with Gasteiger partial charge in [-0.15, -0.1) is 0 Å². The zero-order chi connectivity index (χ0) is 14.7. The van der Waals surface area contributed by atoms with Crippen molar-refractivity contribution in [2.75, 3.05) is 0 Å². The Morgan fingerprint density at radius 1 is 1.38 bits per heavy atom. The van der Waals surface area contributed by atoms with Crippen molar-refractivity contribution in [1.82, 2.24) is 19.9 Å². The molecule has 21 heavy (non-hydrogen) atoms. The highest BCUT2D eigenvalue weighted by Crippen LogP contribution is 2.09. The lowest BCUT2D eigenvalue weighted by atomic mass is 10.2. The average Bonchev–Trinajstić information content (AvgIpc) is 3.16. The van der Waals surface area contributed by atoms with E-state index in [9.17, 15) is 4.79 Å².